The zero-order valence-electron chi connectivity index (χ0n) is 11.3. The molecule has 0 aliphatic carbocycles. The van der Waals surface area contributed by atoms with Crippen LogP contribution in [0, 0.1) is 6.92 Å². The lowest BCUT2D eigenvalue weighted by molar-refractivity contribution is -0.274. The Morgan fingerprint density at radius 2 is 1.71 bits per heavy atom. The van der Waals surface area contributed by atoms with Crippen molar-refractivity contribution in [3.05, 3.63) is 53.6 Å². The first kappa shape index (κ1) is 15.2. The van der Waals surface area contributed by atoms with E-state index in [1.54, 1.807) is 12.4 Å². The van der Waals surface area contributed by atoms with Gasteiger partial charge in [0.1, 0.15) is 11.6 Å². The Morgan fingerprint density at radius 1 is 1.14 bits per heavy atom. The van der Waals surface area contributed by atoms with Crippen LogP contribution >= 0.6 is 0 Å². The fourth-order valence-electron chi connectivity index (χ4n) is 1.77. The molecule has 0 spiro atoms. The van der Waals surface area contributed by atoms with Gasteiger partial charge in [0.15, 0.2) is 0 Å². The van der Waals surface area contributed by atoms with Gasteiger partial charge in [-0.3, -0.25) is 0 Å². The molecule has 0 saturated carbocycles. The van der Waals surface area contributed by atoms with Crippen molar-refractivity contribution in [1.29, 1.82) is 0 Å². The van der Waals surface area contributed by atoms with Gasteiger partial charge in [-0.15, -0.1) is 13.2 Å². The average Bonchev–Trinajstić information content (AvgIpc) is 2.40. The van der Waals surface area contributed by atoms with E-state index in [0.717, 1.165) is 11.1 Å². The molecular formula is C14H14F3N3O. The molecule has 0 radical (unpaired) electrons. The van der Waals surface area contributed by atoms with Gasteiger partial charge in [0.2, 0.25) is 0 Å². The summed E-state index contributed by atoms with van der Waals surface area (Å²) in [5.41, 5.74) is 7.69. The number of nitrogens with two attached hydrogens (primary N) is 1. The van der Waals surface area contributed by atoms with Gasteiger partial charge in [-0.25, -0.2) is 9.97 Å². The van der Waals surface area contributed by atoms with E-state index in [1.807, 2.05) is 6.92 Å². The van der Waals surface area contributed by atoms with Crippen LogP contribution in [0.3, 0.4) is 0 Å². The molecule has 2 rings (SSSR count). The van der Waals surface area contributed by atoms with Gasteiger partial charge in [-0.2, -0.15) is 0 Å². The van der Waals surface area contributed by atoms with Crippen LogP contribution < -0.4 is 10.5 Å². The van der Waals surface area contributed by atoms with E-state index in [4.69, 9.17) is 5.73 Å². The molecule has 21 heavy (non-hydrogen) atoms. The highest BCUT2D eigenvalue weighted by Crippen LogP contribution is 2.23. The predicted molar refractivity (Wildman–Crippen MR) is 70.5 cm³/mol. The van der Waals surface area contributed by atoms with Crippen LogP contribution in [-0.4, -0.2) is 16.3 Å². The minimum atomic E-state index is -4.69. The molecule has 4 nitrogen and oxygen atoms in total. The summed E-state index contributed by atoms with van der Waals surface area (Å²) in [4.78, 5) is 8.26. The fourth-order valence-corrected chi connectivity index (χ4v) is 1.77. The zero-order valence-corrected chi connectivity index (χ0v) is 11.3. The number of ether oxygens (including phenoxy) is 1. The Labute approximate surface area is 119 Å². The summed E-state index contributed by atoms with van der Waals surface area (Å²) in [6.07, 6.45) is -0.923. The lowest BCUT2D eigenvalue weighted by atomic mass is 10.1. The van der Waals surface area contributed by atoms with Crippen molar-refractivity contribution >= 4 is 0 Å². The van der Waals surface area contributed by atoms with Crippen LogP contribution in [0.1, 0.15) is 23.0 Å². The summed E-state index contributed by atoms with van der Waals surface area (Å²) >= 11 is 0. The third-order valence-electron chi connectivity index (χ3n) is 2.75. The van der Waals surface area contributed by atoms with Crippen molar-refractivity contribution in [2.24, 2.45) is 5.73 Å². The van der Waals surface area contributed by atoms with E-state index >= 15 is 0 Å². The number of nitrogens with zero attached hydrogens (tertiary/aromatic N) is 2. The second kappa shape index (κ2) is 6.09. The minimum absolute atomic E-state index is 0.258. The topological polar surface area (TPSA) is 61.0 Å². The summed E-state index contributed by atoms with van der Waals surface area (Å²) in [6, 6.07) is 5.17. The minimum Gasteiger partial charge on any atom is -0.406 e. The van der Waals surface area contributed by atoms with Crippen molar-refractivity contribution in [3.63, 3.8) is 0 Å². The monoisotopic (exact) mass is 297 g/mol. The first-order valence-corrected chi connectivity index (χ1v) is 6.22. The summed E-state index contributed by atoms with van der Waals surface area (Å²) in [5, 5.41) is 0. The largest absolute Gasteiger partial charge is 0.573 e. The van der Waals surface area contributed by atoms with E-state index in [-0.39, 0.29) is 5.75 Å². The number of alkyl halides is 3. The molecular weight excluding hydrogens is 283 g/mol. The Kier molecular flexibility index (Phi) is 4.42. The molecule has 0 aliphatic heterocycles. The second-order valence-electron chi connectivity index (χ2n) is 4.62. The van der Waals surface area contributed by atoms with E-state index in [2.05, 4.69) is 14.7 Å². The molecule has 0 aliphatic rings. The van der Waals surface area contributed by atoms with Crippen LogP contribution in [0.2, 0.25) is 0 Å². The summed E-state index contributed by atoms with van der Waals surface area (Å²) in [7, 11) is 0. The summed E-state index contributed by atoms with van der Waals surface area (Å²) in [6.45, 7) is 1.87. The van der Waals surface area contributed by atoms with Gasteiger partial charge in [0, 0.05) is 12.4 Å². The van der Waals surface area contributed by atoms with Gasteiger partial charge in [-0.05, 0) is 36.6 Å². The van der Waals surface area contributed by atoms with E-state index in [1.165, 1.54) is 24.3 Å². The van der Waals surface area contributed by atoms with Crippen molar-refractivity contribution in [1.82, 2.24) is 9.97 Å². The number of hydrogen-bond donors (Lipinski definition) is 1. The standard InChI is InChI=1S/C14H14F3N3O/c1-9-7-19-13(20-8-9)12(18)6-10-2-4-11(5-3-10)21-14(15,16)17/h2-5,7-8,12H,6,18H2,1H3. The van der Waals surface area contributed by atoms with Crippen LogP contribution in [0.5, 0.6) is 5.75 Å². The fraction of sp³-hybridized carbons (Fsp3) is 0.286. The quantitative estimate of drug-likeness (QED) is 0.942. The van der Waals surface area contributed by atoms with Crippen molar-refractivity contribution < 1.29 is 17.9 Å². The number of aromatic nitrogens is 2. The lowest BCUT2D eigenvalue weighted by Gasteiger charge is -2.12. The third kappa shape index (κ3) is 4.71. The summed E-state index contributed by atoms with van der Waals surface area (Å²) < 4.78 is 39.9. The molecule has 112 valence electrons. The van der Waals surface area contributed by atoms with E-state index in [0.29, 0.717) is 12.2 Å². The van der Waals surface area contributed by atoms with Gasteiger partial charge in [0.05, 0.1) is 6.04 Å². The van der Waals surface area contributed by atoms with Crippen molar-refractivity contribution in [3.8, 4) is 5.75 Å². The number of rotatable bonds is 4. The SMILES string of the molecule is Cc1cnc(C(N)Cc2ccc(OC(F)(F)F)cc2)nc1. The number of hydrogen-bond acceptors (Lipinski definition) is 4. The first-order valence-electron chi connectivity index (χ1n) is 6.22. The highest BCUT2D eigenvalue weighted by atomic mass is 19.4. The van der Waals surface area contributed by atoms with E-state index in [9.17, 15) is 13.2 Å². The zero-order chi connectivity index (χ0) is 15.5. The maximum atomic E-state index is 12.0. The van der Waals surface area contributed by atoms with Gasteiger partial charge < -0.3 is 10.5 Å². The number of halogens is 3. The van der Waals surface area contributed by atoms with Crippen LogP contribution in [-0.2, 0) is 6.42 Å². The molecule has 7 heteroatoms. The summed E-state index contributed by atoms with van der Waals surface area (Å²) in [5.74, 6) is 0.239. The maximum Gasteiger partial charge on any atom is 0.573 e. The van der Waals surface area contributed by atoms with Gasteiger partial charge in [-0.1, -0.05) is 12.1 Å². The Hall–Kier alpha value is -2.15. The first-order chi connectivity index (χ1) is 9.83. The molecule has 0 fully saturated rings. The number of benzene rings is 1. The van der Waals surface area contributed by atoms with Crippen molar-refractivity contribution in [2.75, 3.05) is 0 Å². The molecule has 0 bridgehead atoms. The highest BCUT2D eigenvalue weighted by molar-refractivity contribution is 5.28. The Bertz CT molecular complexity index is 582. The molecule has 1 atom stereocenters. The molecule has 0 amide bonds. The Balaban J connectivity index is 2.01. The van der Waals surface area contributed by atoms with Crippen LogP contribution in [0.4, 0.5) is 13.2 Å². The number of aryl methyl sites for hydroxylation is 1. The molecule has 2 aromatic rings. The molecule has 0 saturated heterocycles. The normalized spacial score (nSPS) is 13.0. The molecule has 1 aromatic heterocycles. The van der Waals surface area contributed by atoms with Crippen molar-refractivity contribution in [2.45, 2.75) is 25.7 Å². The highest BCUT2D eigenvalue weighted by Gasteiger charge is 2.30. The smallest absolute Gasteiger partial charge is 0.406 e. The molecule has 1 aromatic carbocycles. The molecule has 1 heterocycles. The van der Waals surface area contributed by atoms with E-state index < -0.39 is 12.4 Å². The van der Waals surface area contributed by atoms with Crippen LogP contribution in [0.15, 0.2) is 36.7 Å². The van der Waals surface area contributed by atoms with Gasteiger partial charge in [0.25, 0.3) is 0 Å². The Morgan fingerprint density at radius 3 is 2.24 bits per heavy atom. The average molecular weight is 297 g/mol. The molecule has 1 unspecified atom stereocenters. The third-order valence-corrected chi connectivity index (χ3v) is 2.75. The predicted octanol–water partition coefficient (Wildman–Crippen LogP) is 2.93. The lowest BCUT2D eigenvalue weighted by Crippen LogP contribution is -2.18. The maximum absolute atomic E-state index is 12.0. The van der Waals surface area contributed by atoms with Crippen LogP contribution in [0.25, 0.3) is 0 Å². The second-order valence-corrected chi connectivity index (χ2v) is 4.62. The molecule has 2 N–H and O–H groups in total. The van der Waals surface area contributed by atoms with Gasteiger partial charge >= 0.3 is 6.36 Å².